The molecule has 2 rings (SSSR count). The average molecular weight is 317 g/mol. The summed E-state index contributed by atoms with van der Waals surface area (Å²) in [4.78, 5) is 38.9. The Morgan fingerprint density at radius 3 is 2.39 bits per heavy atom. The highest BCUT2D eigenvalue weighted by atomic mass is 16.2. The van der Waals surface area contributed by atoms with Crippen molar-refractivity contribution in [2.45, 2.75) is 19.8 Å². The second-order valence-corrected chi connectivity index (χ2v) is 6.08. The Morgan fingerprint density at radius 1 is 1.17 bits per heavy atom. The number of piperidine rings is 1. The first-order valence-electron chi connectivity index (χ1n) is 7.76. The van der Waals surface area contributed by atoms with E-state index < -0.39 is 0 Å². The van der Waals surface area contributed by atoms with Crippen molar-refractivity contribution < 1.29 is 14.4 Å². The molecule has 124 valence electrons. The van der Waals surface area contributed by atoms with E-state index in [9.17, 15) is 14.4 Å². The van der Waals surface area contributed by atoms with E-state index in [1.54, 1.807) is 43.3 Å². The van der Waals surface area contributed by atoms with Gasteiger partial charge in [-0.1, -0.05) is 0 Å². The van der Waals surface area contributed by atoms with E-state index in [0.29, 0.717) is 24.3 Å². The first-order valence-corrected chi connectivity index (χ1v) is 7.76. The van der Waals surface area contributed by atoms with Crippen molar-refractivity contribution in [1.29, 1.82) is 0 Å². The number of hydrogen-bond acceptors (Lipinski definition) is 3. The molecule has 1 heterocycles. The maximum Gasteiger partial charge on any atom is 0.319 e. The average Bonchev–Trinajstić information content (AvgIpc) is 2.54. The summed E-state index contributed by atoms with van der Waals surface area (Å²) in [5.41, 5.74) is 1.28. The molecule has 1 aromatic rings. The zero-order valence-corrected chi connectivity index (χ0v) is 13.8. The van der Waals surface area contributed by atoms with E-state index in [2.05, 4.69) is 5.32 Å². The van der Waals surface area contributed by atoms with Gasteiger partial charge in [0.25, 0.3) is 0 Å². The fraction of sp³-hybridized carbons (Fsp3) is 0.471. The number of benzene rings is 1. The van der Waals surface area contributed by atoms with Crippen molar-refractivity contribution in [2.24, 2.45) is 5.92 Å². The molecule has 1 N–H and O–H groups in total. The summed E-state index contributed by atoms with van der Waals surface area (Å²) in [6, 6.07) is 6.77. The van der Waals surface area contributed by atoms with Gasteiger partial charge in [0.15, 0.2) is 5.78 Å². The highest BCUT2D eigenvalue weighted by Crippen LogP contribution is 2.20. The molecule has 0 bridgehead atoms. The molecule has 6 nitrogen and oxygen atoms in total. The zero-order chi connectivity index (χ0) is 17.0. The second-order valence-electron chi connectivity index (χ2n) is 6.08. The van der Waals surface area contributed by atoms with Crippen LogP contribution in [-0.2, 0) is 4.79 Å². The largest absolute Gasteiger partial charge is 0.331 e. The topological polar surface area (TPSA) is 69.7 Å². The summed E-state index contributed by atoms with van der Waals surface area (Å²) < 4.78 is 0. The molecule has 0 aromatic heterocycles. The first kappa shape index (κ1) is 17.0. The highest BCUT2D eigenvalue weighted by molar-refractivity contribution is 5.96. The normalized spacial score (nSPS) is 17.5. The Balaban J connectivity index is 1.97. The molecule has 23 heavy (non-hydrogen) atoms. The number of hydrogen-bond donors (Lipinski definition) is 1. The number of carbonyl (C=O) groups is 3. The molecule has 1 aliphatic rings. The SMILES string of the molecule is CC(=O)c1ccc(NC(=O)[C@@H]2CCCN(C(=O)N(C)C)C2)cc1. The van der Waals surface area contributed by atoms with Gasteiger partial charge in [-0.3, -0.25) is 9.59 Å². The van der Waals surface area contributed by atoms with Crippen LogP contribution in [0.3, 0.4) is 0 Å². The fourth-order valence-electron chi connectivity index (χ4n) is 2.68. The summed E-state index contributed by atoms with van der Waals surface area (Å²) in [5.74, 6) is -0.301. The van der Waals surface area contributed by atoms with Crippen molar-refractivity contribution in [1.82, 2.24) is 9.80 Å². The van der Waals surface area contributed by atoms with Crippen LogP contribution in [0.15, 0.2) is 24.3 Å². The van der Waals surface area contributed by atoms with Crippen LogP contribution >= 0.6 is 0 Å². The Kier molecular flexibility index (Phi) is 5.36. The third kappa shape index (κ3) is 4.31. The Hall–Kier alpha value is -2.37. The van der Waals surface area contributed by atoms with Crippen LogP contribution in [-0.4, -0.2) is 54.7 Å². The lowest BCUT2D eigenvalue weighted by Gasteiger charge is -2.33. The van der Waals surface area contributed by atoms with Crippen LogP contribution in [0.4, 0.5) is 10.5 Å². The van der Waals surface area contributed by atoms with Crippen LogP contribution < -0.4 is 5.32 Å². The number of likely N-dealkylation sites (tertiary alicyclic amines) is 1. The van der Waals surface area contributed by atoms with Crippen molar-refractivity contribution in [3.05, 3.63) is 29.8 Å². The number of nitrogens with one attached hydrogen (secondary N) is 1. The number of urea groups is 1. The maximum atomic E-state index is 12.4. The van der Waals surface area contributed by atoms with Crippen molar-refractivity contribution in [2.75, 3.05) is 32.5 Å². The van der Waals surface area contributed by atoms with E-state index in [4.69, 9.17) is 0 Å². The maximum absolute atomic E-state index is 12.4. The van der Waals surface area contributed by atoms with Gasteiger partial charge < -0.3 is 15.1 Å². The third-order valence-electron chi connectivity index (χ3n) is 4.00. The molecule has 6 heteroatoms. The van der Waals surface area contributed by atoms with Gasteiger partial charge in [0.1, 0.15) is 0 Å². The fourth-order valence-corrected chi connectivity index (χ4v) is 2.68. The van der Waals surface area contributed by atoms with Crippen LogP contribution in [0.25, 0.3) is 0 Å². The second kappa shape index (κ2) is 7.26. The lowest BCUT2D eigenvalue weighted by atomic mass is 9.97. The van der Waals surface area contributed by atoms with Crippen molar-refractivity contribution in [3.63, 3.8) is 0 Å². The van der Waals surface area contributed by atoms with Gasteiger partial charge in [-0.25, -0.2) is 4.79 Å². The molecule has 3 amide bonds. The standard InChI is InChI=1S/C17H23N3O3/c1-12(21)13-6-8-15(9-7-13)18-16(22)14-5-4-10-20(11-14)17(23)19(2)3/h6-9,14H,4-5,10-11H2,1-3H3,(H,18,22)/t14-/m1/s1. The lowest BCUT2D eigenvalue weighted by Crippen LogP contribution is -2.47. The van der Waals surface area contributed by atoms with Gasteiger partial charge in [-0.15, -0.1) is 0 Å². The third-order valence-corrected chi connectivity index (χ3v) is 4.00. The molecule has 1 aromatic carbocycles. The first-order chi connectivity index (χ1) is 10.9. The summed E-state index contributed by atoms with van der Waals surface area (Å²) in [5, 5.41) is 2.86. The zero-order valence-electron chi connectivity index (χ0n) is 13.8. The summed E-state index contributed by atoms with van der Waals surface area (Å²) in [6.45, 7) is 2.63. The minimum absolute atomic E-state index is 0.00648. The quantitative estimate of drug-likeness (QED) is 0.869. The van der Waals surface area contributed by atoms with Crippen LogP contribution in [0.1, 0.15) is 30.1 Å². The molecule has 1 fully saturated rings. The lowest BCUT2D eigenvalue weighted by molar-refractivity contribution is -0.121. The number of Topliss-reactive ketones (excluding diaryl/α,β-unsaturated/α-hetero) is 1. The Labute approximate surface area is 136 Å². The minimum Gasteiger partial charge on any atom is -0.331 e. The van der Waals surface area contributed by atoms with E-state index in [1.165, 1.54) is 11.8 Å². The number of nitrogens with zero attached hydrogens (tertiary/aromatic N) is 2. The van der Waals surface area contributed by atoms with E-state index >= 15 is 0 Å². The summed E-state index contributed by atoms with van der Waals surface area (Å²) in [7, 11) is 3.42. The molecule has 0 spiro atoms. The van der Waals surface area contributed by atoms with Crippen LogP contribution in [0.2, 0.25) is 0 Å². The molecule has 0 saturated carbocycles. The number of rotatable bonds is 3. The smallest absolute Gasteiger partial charge is 0.319 e. The van der Waals surface area contributed by atoms with Crippen LogP contribution in [0.5, 0.6) is 0 Å². The van der Waals surface area contributed by atoms with Crippen molar-refractivity contribution in [3.8, 4) is 0 Å². The molecule has 0 aliphatic carbocycles. The molecular formula is C17H23N3O3. The summed E-state index contributed by atoms with van der Waals surface area (Å²) in [6.07, 6.45) is 1.59. The highest BCUT2D eigenvalue weighted by Gasteiger charge is 2.29. The number of anilines is 1. The van der Waals surface area contributed by atoms with Gasteiger partial charge in [0, 0.05) is 38.4 Å². The predicted molar refractivity (Wildman–Crippen MR) is 88.5 cm³/mol. The molecule has 1 saturated heterocycles. The Morgan fingerprint density at radius 2 is 1.83 bits per heavy atom. The van der Waals surface area contributed by atoms with Crippen molar-refractivity contribution >= 4 is 23.4 Å². The van der Waals surface area contributed by atoms with Gasteiger partial charge in [-0.2, -0.15) is 0 Å². The van der Waals surface area contributed by atoms with Gasteiger partial charge in [-0.05, 0) is 44.0 Å². The molecule has 1 aliphatic heterocycles. The molecule has 1 atom stereocenters. The minimum atomic E-state index is -0.208. The van der Waals surface area contributed by atoms with Gasteiger partial charge in [0.2, 0.25) is 5.91 Å². The number of ketones is 1. The number of amides is 3. The monoisotopic (exact) mass is 317 g/mol. The van der Waals surface area contributed by atoms with E-state index in [0.717, 1.165) is 12.8 Å². The summed E-state index contributed by atoms with van der Waals surface area (Å²) >= 11 is 0. The molecule has 0 unspecified atom stereocenters. The molecule has 0 radical (unpaired) electrons. The predicted octanol–water partition coefficient (Wildman–Crippen LogP) is 2.22. The molecular weight excluding hydrogens is 294 g/mol. The van der Waals surface area contributed by atoms with Gasteiger partial charge >= 0.3 is 6.03 Å². The van der Waals surface area contributed by atoms with E-state index in [-0.39, 0.29) is 23.6 Å². The van der Waals surface area contributed by atoms with E-state index in [1.807, 2.05) is 0 Å². The number of carbonyl (C=O) groups excluding carboxylic acids is 3. The van der Waals surface area contributed by atoms with Gasteiger partial charge in [0.05, 0.1) is 5.92 Å². The Bertz CT molecular complexity index is 596. The van der Waals surface area contributed by atoms with Crippen LogP contribution in [0, 0.1) is 5.92 Å².